The van der Waals surface area contributed by atoms with Crippen molar-refractivity contribution in [1.29, 1.82) is 0 Å². The van der Waals surface area contributed by atoms with Gasteiger partial charge in [-0.1, -0.05) is 15.9 Å². The monoisotopic (exact) mass is 272 g/mol. The maximum atomic E-state index is 11.3. The van der Waals surface area contributed by atoms with E-state index in [0.717, 1.165) is 0 Å². The van der Waals surface area contributed by atoms with E-state index >= 15 is 0 Å². The Morgan fingerprint density at radius 1 is 1.07 bits per heavy atom. The van der Waals surface area contributed by atoms with Gasteiger partial charge in [0.15, 0.2) is 0 Å². The highest BCUT2D eigenvalue weighted by Gasteiger charge is 2.15. The van der Waals surface area contributed by atoms with E-state index in [2.05, 4.69) is 15.9 Å². The molecule has 6 N–H and O–H groups in total. The molecular weight excluding hydrogens is 264 g/mol. The highest BCUT2D eigenvalue weighted by molar-refractivity contribution is 9.10. The molecule has 0 bridgehead atoms. The fourth-order valence-electron chi connectivity index (χ4n) is 1.06. The molecule has 2 amide bonds. The van der Waals surface area contributed by atoms with Crippen LogP contribution in [0.1, 0.15) is 20.7 Å². The summed E-state index contributed by atoms with van der Waals surface area (Å²) >= 11 is 3.18. The number of nitrogens with one attached hydrogen (secondary N) is 2. The second-order valence-electron chi connectivity index (χ2n) is 2.64. The number of benzene rings is 1. The molecular formula is C8H9BrN4O2. The molecule has 0 saturated carbocycles. The van der Waals surface area contributed by atoms with Crippen molar-refractivity contribution in [2.24, 2.45) is 11.7 Å². The maximum Gasteiger partial charge on any atom is 0.266 e. The topological polar surface area (TPSA) is 110 Å². The van der Waals surface area contributed by atoms with Gasteiger partial charge in [-0.15, -0.1) is 0 Å². The molecule has 6 nitrogen and oxygen atoms in total. The van der Waals surface area contributed by atoms with Crippen LogP contribution in [0.3, 0.4) is 0 Å². The molecule has 0 heterocycles. The van der Waals surface area contributed by atoms with Crippen LogP contribution < -0.4 is 22.5 Å². The molecule has 1 aromatic rings. The molecule has 0 unspecified atom stereocenters. The third-order valence-electron chi connectivity index (χ3n) is 1.73. The molecule has 0 saturated heterocycles. The summed E-state index contributed by atoms with van der Waals surface area (Å²) in [5.41, 5.74) is 4.20. The lowest BCUT2D eigenvalue weighted by Crippen LogP contribution is -2.35. The average molecular weight is 273 g/mol. The third kappa shape index (κ3) is 2.52. The number of carbonyl (C=O) groups excluding carboxylic acids is 2. The van der Waals surface area contributed by atoms with E-state index in [1.165, 1.54) is 12.1 Å². The van der Waals surface area contributed by atoms with Gasteiger partial charge in [0.1, 0.15) is 0 Å². The summed E-state index contributed by atoms with van der Waals surface area (Å²) in [6.45, 7) is 0. The first kappa shape index (κ1) is 11.6. The standard InChI is InChI=1S/C8H9BrN4O2/c9-4-1-2-5(7(14)12-10)6(3-4)8(15)13-11/h1-3H,10-11H2,(H,12,14)(H,13,15). The molecule has 0 atom stereocenters. The Labute approximate surface area is 94.1 Å². The summed E-state index contributed by atoms with van der Waals surface area (Å²) in [7, 11) is 0. The Kier molecular flexibility index (Phi) is 3.78. The molecule has 15 heavy (non-hydrogen) atoms. The van der Waals surface area contributed by atoms with Gasteiger partial charge >= 0.3 is 0 Å². The number of hydrogen-bond donors (Lipinski definition) is 4. The SMILES string of the molecule is NNC(=O)c1ccc(Br)cc1C(=O)NN. The van der Waals surface area contributed by atoms with Crippen molar-refractivity contribution in [3.8, 4) is 0 Å². The minimum absolute atomic E-state index is 0.148. The summed E-state index contributed by atoms with van der Waals surface area (Å²) in [5, 5.41) is 0. The van der Waals surface area contributed by atoms with Crippen LogP contribution in [-0.2, 0) is 0 Å². The lowest BCUT2D eigenvalue weighted by molar-refractivity contribution is 0.0919. The molecule has 0 aromatic heterocycles. The average Bonchev–Trinajstić information content (AvgIpc) is 2.26. The number of rotatable bonds is 2. The molecule has 1 aromatic carbocycles. The summed E-state index contributed by atoms with van der Waals surface area (Å²) < 4.78 is 0.662. The van der Waals surface area contributed by atoms with E-state index < -0.39 is 11.8 Å². The van der Waals surface area contributed by atoms with E-state index in [1.54, 1.807) is 6.07 Å². The van der Waals surface area contributed by atoms with Gasteiger partial charge < -0.3 is 0 Å². The molecule has 0 fully saturated rings. The number of carbonyl (C=O) groups is 2. The fraction of sp³-hybridized carbons (Fsp3) is 0. The zero-order valence-electron chi connectivity index (χ0n) is 7.58. The smallest absolute Gasteiger partial charge is 0.266 e. The lowest BCUT2D eigenvalue weighted by Gasteiger charge is -2.07. The van der Waals surface area contributed by atoms with Crippen LogP contribution in [0.5, 0.6) is 0 Å². The summed E-state index contributed by atoms with van der Waals surface area (Å²) in [5.74, 6) is 8.85. The Balaban J connectivity index is 3.26. The lowest BCUT2D eigenvalue weighted by atomic mass is 10.1. The van der Waals surface area contributed by atoms with Gasteiger partial charge in [-0.3, -0.25) is 20.4 Å². The Morgan fingerprint density at radius 3 is 2.13 bits per heavy atom. The van der Waals surface area contributed by atoms with Crippen molar-refractivity contribution in [1.82, 2.24) is 10.9 Å². The Hall–Kier alpha value is -1.44. The summed E-state index contributed by atoms with van der Waals surface area (Å²) in [6.07, 6.45) is 0. The van der Waals surface area contributed by atoms with Crippen LogP contribution in [0.15, 0.2) is 22.7 Å². The second-order valence-corrected chi connectivity index (χ2v) is 3.55. The van der Waals surface area contributed by atoms with Crippen molar-refractivity contribution in [2.75, 3.05) is 0 Å². The number of hydrazine groups is 2. The molecule has 0 radical (unpaired) electrons. The first-order valence-corrected chi connectivity index (χ1v) is 4.71. The largest absolute Gasteiger partial charge is 0.290 e. The van der Waals surface area contributed by atoms with Gasteiger partial charge in [0.05, 0.1) is 11.1 Å². The molecule has 0 aliphatic rings. The van der Waals surface area contributed by atoms with E-state index in [0.29, 0.717) is 4.47 Å². The van der Waals surface area contributed by atoms with E-state index in [4.69, 9.17) is 11.7 Å². The van der Waals surface area contributed by atoms with Gasteiger partial charge in [0.2, 0.25) is 0 Å². The number of nitrogen functional groups attached to an aromatic ring is 2. The highest BCUT2D eigenvalue weighted by atomic mass is 79.9. The van der Waals surface area contributed by atoms with Gasteiger partial charge in [-0.2, -0.15) is 0 Å². The minimum atomic E-state index is -0.560. The van der Waals surface area contributed by atoms with E-state index in [9.17, 15) is 9.59 Å². The molecule has 0 aliphatic heterocycles. The van der Waals surface area contributed by atoms with Crippen LogP contribution >= 0.6 is 15.9 Å². The van der Waals surface area contributed by atoms with Gasteiger partial charge in [0, 0.05) is 4.47 Å². The molecule has 80 valence electrons. The minimum Gasteiger partial charge on any atom is -0.290 e. The number of nitrogens with two attached hydrogens (primary N) is 2. The van der Waals surface area contributed by atoms with Crippen LogP contribution in [-0.4, -0.2) is 11.8 Å². The summed E-state index contributed by atoms with van der Waals surface area (Å²) in [4.78, 5) is 22.6. The molecule has 0 spiro atoms. The van der Waals surface area contributed by atoms with Crippen molar-refractivity contribution in [3.63, 3.8) is 0 Å². The highest BCUT2D eigenvalue weighted by Crippen LogP contribution is 2.16. The number of amides is 2. The quantitative estimate of drug-likeness (QED) is 0.335. The Morgan fingerprint density at radius 2 is 1.60 bits per heavy atom. The third-order valence-corrected chi connectivity index (χ3v) is 2.23. The number of hydrogen-bond acceptors (Lipinski definition) is 4. The van der Waals surface area contributed by atoms with Crippen molar-refractivity contribution in [3.05, 3.63) is 33.8 Å². The normalized spacial score (nSPS) is 9.53. The van der Waals surface area contributed by atoms with Crippen LogP contribution in [0.2, 0.25) is 0 Å². The van der Waals surface area contributed by atoms with Crippen molar-refractivity contribution in [2.45, 2.75) is 0 Å². The second kappa shape index (κ2) is 4.87. The van der Waals surface area contributed by atoms with Crippen LogP contribution in [0.25, 0.3) is 0 Å². The first-order chi connectivity index (χ1) is 7.10. The van der Waals surface area contributed by atoms with Crippen molar-refractivity contribution < 1.29 is 9.59 Å². The van der Waals surface area contributed by atoms with Crippen molar-refractivity contribution >= 4 is 27.7 Å². The van der Waals surface area contributed by atoms with E-state index in [-0.39, 0.29) is 11.1 Å². The van der Waals surface area contributed by atoms with Gasteiger partial charge in [-0.25, -0.2) is 11.7 Å². The fourth-order valence-corrected chi connectivity index (χ4v) is 1.42. The van der Waals surface area contributed by atoms with E-state index in [1.807, 2.05) is 10.9 Å². The maximum absolute atomic E-state index is 11.3. The molecule has 1 rings (SSSR count). The molecule has 0 aliphatic carbocycles. The first-order valence-electron chi connectivity index (χ1n) is 3.91. The van der Waals surface area contributed by atoms with Gasteiger partial charge in [0.25, 0.3) is 11.8 Å². The number of halogens is 1. The van der Waals surface area contributed by atoms with Gasteiger partial charge in [-0.05, 0) is 18.2 Å². The van der Waals surface area contributed by atoms with Crippen LogP contribution in [0, 0.1) is 0 Å². The zero-order valence-corrected chi connectivity index (χ0v) is 9.17. The zero-order chi connectivity index (χ0) is 11.4. The Bertz CT molecular complexity index is 408. The summed E-state index contributed by atoms with van der Waals surface area (Å²) in [6, 6.07) is 4.57. The van der Waals surface area contributed by atoms with Crippen LogP contribution in [0.4, 0.5) is 0 Å². The predicted octanol–water partition coefficient (Wildman–Crippen LogP) is -0.344. The predicted molar refractivity (Wildman–Crippen MR) is 57.4 cm³/mol. The molecule has 7 heteroatoms.